The van der Waals surface area contributed by atoms with Crippen molar-refractivity contribution in [3.05, 3.63) is 47.3 Å². The van der Waals surface area contributed by atoms with Gasteiger partial charge in [0.1, 0.15) is 5.69 Å². The number of hydrogen-bond acceptors (Lipinski definition) is 3. The molecular weight excluding hydrogens is 252 g/mol. The Morgan fingerprint density at radius 2 is 2.25 bits per heavy atom. The quantitative estimate of drug-likeness (QED) is 0.865. The van der Waals surface area contributed by atoms with Crippen LogP contribution in [0.5, 0.6) is 0 Å². The summed E-state index contributed by atoms with van der Waals surface area (Å²) < 4.78 is 1.70. The number of aromatic nitrogens is 2. The average molecular weight is 270 g/mol. The second kappa shape index (κ2) is 5.09. The first kappa shape index (κ1) is 12.9. The second-order valence-corrected chi connectivity index (χ2v) is 5.29. The van der Waals surface area contributed by atoms with E-state index < -0.39 is 5.91 Å². The molecule has 1 heterocycles. The van der Waals surface area contributed by atoms with Gasteiger partial charge in [-0.1, -0.05) is 12.1 Å². The van der Waals surface area contributed by atoms with E-state index in [4.69, 9.17) is 5.73 Å². The third-order valence-corrected chi connectivity index (χ3v) is 3.53. The molecule has 0 unspecified atom stereocenters. The van der Waals surface area contributed by atoms with Crippen LogP contribution in [0.2, 0.25) is 0 Å². The maximum atomic E-state index is 11.1. The summed E-state index contributed by atoms with van der Waals surface area (Å²) in [4.78, 5) is 11.1. The molecule has 1 aliphatic rings. The summed E-state index contributed by atoms with van der Waals surface area (Å²) in [5.74, 6) is -0.507. The van der Waals surface area contributed by atoms with E-state index in [-0.39, 0.29) is 5.69 Å². The number of primary amides is 1. The molecule has 3 rings (SSSR count). The molecule has 0 radical (unpaired) electrons. The van der Waals surface area contributed by atoms with E-state index in [1.807, 2.05) is 6.92 Å². The van der Waals surface area contributed by atoms with Gasteiger partial charge in [0, 0.05) is 18.8 Å². The van der Waals surface area contributed by atoms with Crippen LogP contribution < -0.4 is 11.1 Å². The Bertz CT molecular complexity index is 643. The number of benzene rings is 1. The Balaban J connectivity index is 1.85. The van der Waals surface area contributed by atoms with Crippen LogP contribution in [0.25, 0.3) is 5.69 Å². The molecule has 104 valence electrons. The summed E-state index contributed by atoms with van der Waals surface area (Å²) in [6, 6.07) is 8.61. The number of nitrogens with one attached hydrogen (secondary N) is 1. The molecule has 0 bridgehead atoms. The second-order valence-electron chi connectivity index (χ2n) is 5.29. The predicted octanol–water partition coefficient (Wildman–Crippen LogP) is 1.53. The smallest absolute Gasteiger partial charge is 0.269 e. The molecule has 3 N–H and O–H groups in total. The van der Waals surface area contributed by atoms with Gasteiger partial charge in [0.15, 0.2) is 0 Å². The van der Waals surface area contributed by atoms with Crippen molar-refractivity contribution in [3.63, 3.8) is 0 Å². The average Bonchev–Trinajstić information content (AvgIpc) is 3.12. The summed E-state index contributed by atoms with van der Waals surface area (Å²) in [6.07, 6.45) is 4.32. The molecule has 20 heavy (non-hydrogen) atoms. The minimum Gasteiger partial charge on any atom is -0.364 e. The zero-order chi connectivity index (χ0) is 14.1. The zero-order valence-electron chi connectivity index (χ0n) is 11.5. The summed E-state index contributed by atoms with van der Waals surface area (Å²) in [5.41, 5.74) is 8.83. The molecule has 2 aromatic rings. The molecule has 5 heteroatoms. The van der Waals surface area contributed by atoms with Gasteiger partial charge in [-0.05, 0) is 43.0 Å². The fourth-order valence-electron chi connectivity index (χ4n) is 2.15. The summed E-state index contributed by atoms with van der Waals surface area (Å²) >= 11 is 0. The lowest BCUT2D eigenvalue weighted by Gasteiger charge is -2.09. The molecule has 1 aromatic heterocycles. The van der Waals surface area contributed by atoms with Gasteiger partial charge >= 0.3 is 0 Å². The fourth-order valence-corrected chi connectivity index (χ4v) is 2.15. The van der Waals surface area contributed by atoms with Crippen molar-refractivity contribution in [1.82, 2.24) is 15.1 Å². The van der Waals surface area contributed by atoms with Crippen LogP contribution in [0, 0.1) is 6.92 Å². The van der Waals surface area contributed by atoms with Crippen LogP contribution in [0.15, 0.2) is 30.5 Å². The monoisotopic (exact) mass is 270 g/mol. The van der Waals surface area contributed by atoms with E-state index in [0.717, 1.165) is 17.8 Å². The molecule has 1 saturated carbocycles. The Morgan fingerprint density at radius 1 is 1.45 bits per heavy atom. The number of nitrogens with two attached hydrogens (primary N) is 1. The minimum absolute atomic E-state index is 0.283. The van der Waals surface area contributed by atoms with Gasteiger partial charge in [0.25, 0.3) is 5.91 Å². The Labute approximate surface area is 117 Å². The maximum Gasteiger partial charge on any atom is 0.269 e. The summed E-state index contributed by atoms with van der Waals surface area (Å²) in [7, 11) is 0. The first-order valence-corrected chi connectivity index (χ1v) is 6.82. The van der Waals surface area contributed by atoms with Crippen molar-refractivity contribution < 1.29 is 4.79 Å². The lowest BCUT2D eigenvalue weighted by Crippen LogP contribution is -2.15. The summed E-state index contributed by atoms with van der Waals surface area (Å²) in [6.45, 7) is 2.89. The highest BCUT2D eigenvalue weighted by Crippen LogP contribution is 2.20. The van der Waals surface area contributed by atoms with Crippen LogP contribution >= 0.6 is 0 Å². The third-order valence-electron chi connectivity index (χ3n) is 3.53. The number of carbonyl (C=O) groups is 1. The molecule has 0 atom stereocenters. The van der Waals surface area contributed by atoms with Gasteiger partial charge in [0.05, 0.1) is 5.69 Å². The minimum atomic E-state index is -0.507. The van der Waals surface area contributed by atoms with Crippen LogP contribution in [0.1, 0.15) is 34.5 Å². The number of aryl methyl sites for hydroxylation is 1. The largest absolute Gasteiger partial charge is 0.364 e. The Kier molecular flexibility index (Phi) is 3.28. The van der Waals surface area contributed by atoms with Crippen molar-refractivity contribution in [2.75, 3.05) is 0 Å². The van der Waals surface area contributed by atoms with E-state index in [2.05, 4.69) is 28.6 Å². The van der Waals surface area contributed by atoms with Crippen molar-refractivity contribution in [2.24, 2.45) is 5.73 Å². The highest BCUT2D eigenvalue weighted by atomic mass is 16.1. The van der Waals surface area contributed by atoms with Crippen molar-refractivity contribution in [2.45, 2.75) is 32.4 Å². The van der Waals surface area contributed by atoms with Gasteiger partial charge < -0.3 is 11.1 Å². The lowest BCUT2D eigenvalue weighted by molar-refractivity contribution is 0.0995. The van der Waals surface area contributed by atoms with Gasteiger partial charge in [-0.15, -0.1) is 0 Å². The molecule has 0 aliphatic heterocycles. The molecule has 1 aromatic carbocycles. The van der Waals surface area contributed by atoms with Gasteiger partial charge in [-0.3, -0.25) is 4.79 Å². The number of nitrogens with zero attached hydrogens (tertiary/aromatic N) is 2. The number of rotatable bonds is 5. The predicted molar refractivity (Wildman–Crippen MR) is 76.7 cm³/mol. The van der Waals surface area contributed by atoms with Crippen molar-refractivity contribution >= 4 is 5.91 Å². The standard InChI is InChI=1S/C15H18N4O/c1-10-2-3-11(9-17-12-4-5-12)8-14(10)19-7-6-13(18-19)15(16)20/h2-3,6-8,12,17H,4-5,9H2,1H3,(H2,16,20). The van der Waals surface area contributed by atoms with Crippen LogP contribution in [0.4, 0.5) is 0 Å². The topological polar surface area (TPSA) is 72.9 Å². The van der Waals surface area contributed by atoms with Crippen molar-refractivity contribution in [3.8, 4) is 5.69 Å². The maximum absolute atomic E-state index is 11.1. The SMILES string of the molecule is Cc1ccc(CNC2CC2)cc1-n1ccc(C(N)=O)n1. The first-order chi connectivity index (χ1) is 9.63. The summed E-state index contributed by atoms with van der Waals surface area (Å²) in [5, 5.41) is 7.70. The number of amides is 1. The third kappa shape index (κ3) is 2.72. The molecule has 5 nitrogen and oxygen atoms in total. The Morgan fingerprint density at radius 3 is 2.90 bits per heavy atom. The van der Waals surface area contributed by atoms with E-state index in [0.29, 0.717) is 6.04 Å². The van der Waals surface area contributed by atoms with Gasteiger partial charge in [0.2, 0.25) is 0 Å². The molecule has 0 spiro atoms. The molecular formula is C15H18N4O. The van der Waals surface area contributed by atoms with E-state index in [1.165, 1.54) is 18.4 Å². The molecule has 1 aliphatic carbocycles. The van der Waals surface area contributed by atoms with Crippen molar-refractivity contribution in [1.29, 1.82) is 0 Å². The number of hydrogen-bond donors (Lipinski definition) is 2. The van der Waals surface area contributed by atoms with Gasteiger partial charge in [-0.25, -0.2) is 4.68 Å². The highest BCUT2D eigenvalue weighted by Gasteiger charge is 2.20. The highest BCUT2D eigenvalue weighted by molar-refractivity contribution is 5.90. The molecule has 1 amide bonds. The van der Waals surface area contributed by atoms with E-state index >= 15 is 0 Å². The van der Waals surface area contributed by atoms with Gasteiger partial charge in [-0.2, -0.15) is 5.10 Å². The van der Waals surface area contributed by atoms with Crippen LogP contribution in [-0.2, 0) is 6.54 Å². The number of carbonyl (C=O) groups excluding carboxylic acids is 1. The van der Waals surface area contributed by atoms with E-state index in [9.17, 15) is 4.79 Å². The zero-order valence-corrected chi connectivity index (χ0v) is 11.5. The lowest BCUT2D eigenvalue weighted by atomic mass is 10.1. The molecule has 1 fully saturated rings. The van der Waals surface area contributed by atoms with Crippen LogP contribution in [-0.4, -0.2) is 21.7 Å². The Hall–Kier alpha value is -2.14. The first-order valence-electron chi connectivity index (χ1n) is 6.82. The fraction of sp³-hybridized carbons (Fsp3) is 0.333. The van der Waals surface area contributed by atoms with Crippen LogP contribution in [0.3, 0.4) is 0 Å². The normalized spacial score (nSPS) is 14.4. The van der Waals surface area contributed by atoms with E-state index in [1.54, 1.807) is 16.9 Å². The molecule has 0 saturated heterocycles.